The number of pyridine rings is 1. The summed E-state index contributed by atoms with van der Waals surface area (Å²) in [5.41, 5.74) is -0.893. The Kier molecular flexibility index (Phi) is 12.1. The van der Waals surface area contributed by atoms with Crippen molar-refractivity contribution in [3.05, 3.63) is 41.3 Å². The molecule has 2 aromatic heterocycles. The third kappa shape index (κ3) is 9.09. The molecular weight excluding hydrogens is 800 g/mol. The highest BCUT2D eigenvalue weighted by molar-refractivity contribution is 7.14. The van der Waals surface area contributed by atoms with Gasteiger partial charge in [-0.1, -0.05) is 38.4 Å². The number of carbonyl (C=O) groups is 4. The number of likely N-dealkylation sites (tertiary alicyclic amines) is 1. The number of hydrogen-bond acceptors (Lipinski definition) is 12. The van der Waals surface area contributed by atoms with Gasteiger partial charge in [0.15, 0.2) is 5.13 Å². The lowest BCUT2D eigenvalue weighted by Crippen LogP contribution is -2.59. The second-order valence-electron chi connectivity index (χ2n) is 17.4. The highest BCUT2D eigenvalue weighted by atomic mass is 35.5. The molecule has 4 aliphatic rings. The minimum Gasteiger partial charge on any atom is -0.490 e. The minimum atomic E-state index is -1.53. The second-order valence-corrected chi connectivity index (χ2v) is 18.7. The Morgan fingerprint density at radius 1 is 1.07 bits per heavy atom. The number of nitrogens with zero attached hydrogens (tertiary/aromatic N) is 3. The normalized spacial score (nSPS) is 26.2. The summed E-state index contributed by atoms with van der Waals surface area (Å²) in [6.07, 6.45) is 2.83. The highest BCUT2D eigenvalue weighted by Gasteiger charge is 2.61. The number of alkyl carbamates (subject to hydrolysis) is 1. The third-order valence-corrected chi connectivity index (χ3v) is 12.7. The van der Waals surface area contributed by atoms with E-state index in [1.54, 1.807) is 25.3 Å². The van der Waals surface area contributed by atoms with Gasteiger partial charge in [0.2, 0.25) is 11.8 Å². The van der Waals surface area contributed by atoms with E-state index >= 15 is 0 Å². The fourth-order valence-corrected chi connectivity index (χ4v) is 9.35. The summed E-state index contributed by atoms with van der Waals surface area (Å²) >= 11 is 8.38. The number of anilines is 1. The van der Waals surface area contributed by atoms with Crippen LogP contribution < -0.4 is 25.4 Å². The maximum Gasteiger partial charge on any atom is 0.408 e. The molecular formula is C42H53ClN6O9S. The van der Waals surface area contributed by atoms with Crippen LogP contribution in [-0.4, -0.2) is 107 Å². The molecule has 1 saturated heterocycles. The molecule has 8 atom stereocenters. The zero-order chi connectivity index (χ0) is 42.4. The number of fused-ring (bicyclic) bond motifs is 2. The standard InChI is InChI=1S/C42H53ClN6O9S/c1-8-24-18-42(24,38(52)53)48-36(50)30-16-26(19-49(30)37(51)35(41(4,5)6)47-40(54)58-25-14-22-13-23(22)15-25)57-32-17-28(29-20-59-39(46-29)44-21(2)3)45-34-27(32)9-10-31(33(34)43)56-12-11-55-7/h8-10,17,20-26,30,35H,1,11-16,18-19H2,2-7H3,(H,44,46)(H,47,54)(H,48,50)(H,52,53)/t22-,23+,24-,25?,26-,30+,35-,42?/m1/s1. The molecule has 3 saturated carbocycles. The molecule has 0 spiro atoms. The van der Waals surface area contributed by atoms with Gasteiger partial charge in [0.25, 0.3) is 0 Å². The average molecular weight is 853 g/mol. The summed E-state index contributed by atoms with van der Waals surface area (Å²) in [6.45, 7) is 13.8. The number of methoxy groups -OCH3 is 1. The van der Waals surface area contributed by atoms with Crippen LogP contribution in [-0.2, 0) is 23.9 Å². The summed E-state index contributed by atoms with van der Waals surface area (Å²) in [5.74, 6) is -0.870. The van der Waals surface area contributed by atoms with Crippen molar-refractivity contribution in [2.75, 3.05) is 32.2 Å². The zero-order valence-electron chi connectivity index (χ0n) is 34.2. The van der Waals surface area contributed by atoms with Crippen LogP contribution in [0.1, 0.15) is 66.7 Å². The lowest BCUT2D eigenvalue weighted by molar-refractivity contribution is -0.146. The zero-order valence-corrected chi connectivity index (χ0v) is 35.8. The van der Waals surface area contributed by atoms with Gasteiger partial charge in [-0.05, 0) is 68.9 Å². The highest BCUT2D eigenvalue weighted by Crippen LogP contribution is 2.52. The molecule has 4 N–H and O–H groups in total. The first-order chi connectivity index (χ1) is 28.0. The number of aliphatic carboxylic acids is 1. The van der Waals surface area contributed by atoms with Gasteiger partial charge in [-0.2, -0.15) is 0 Å². The van der Waals surface area contributed by atoms with Crippen molar-refractivity contribution in [2.45, 2.75) is 103 Å². The van der Waals surface area contributed by atoms with E-state index < -0.39 is 58.9 Å². The smallest absolute Gasteiger partial charge is 0.408 e. The number of nitrogens with one attached hydrogen (secondary N) is 3. The number of carbonyl (C=O) groups excluding carboxylic acids is 3. The molecule has 3 aliphatic carbocycles. The van der Waals surface area contributed by atoms with Crippen LogP contribution in [0.4, 0.5) is 9.93 Å². The molecule has 1 aromatic carbocycles. The number of carboxylic acid groups (broad SMARTS) is 1. The van der Waals surface area contributed by atoms with E-state index in [0.29, 0.717) is 57.4 Å². The van der Waals surface area contributed by atoms with Crippen LogP contribution in [0.25, 0.3) is 22.3 Å². The van der Waals surface area contributed by atoms with Crippen molar-refractivity contribution in [3.63, 3.8) is 0 Å². The maximum absolute atomic E-state index is 14.7. The van der Waals surface area contributed by atoms with E-state index in [2.05, 4.69) is 22.5 Å². The monoisotopic (exact) mass is 852 g/mol. The summed E-state index contributed by atoms with van der Waals surface area (Å²) in [7, 11) is 1.58. The van der Waals surface area contributed by atoms with Crippen molar-refractivity contribution in [3.8, 4) is 22.9 Å². The van der Waals surface area contributed by atoms with E-state index in [9.17, 15) is 24.3 Å². The molecule has 7 rings (SSSR count). The largest absolute Gasteiger partial charge is 0.490 e. The van der Waals surface area contributed by atoms with Crippen molar-refractivity contribution >= 4 is 62.8 Å². The quantitative estimate of drug-likeness (QED) is 0.0933. The van der Waals surface area contributed by atoms with Gasteiger partial charge < -0.3 is 44.9 Å². The van der Waals surface area contributed by atoms with Crippen LogP contribution >= 0.6 is 22.9 Å². The Labute approximate surface area is 352 Å². The molecule has 2 unspecified atom stereocenters. The number of aromatic nitrogens is 2. The summed E-state index contributed by atoms with van der Waals surface area (Å²) < 4.78 is 23.5. The number of rotatable bonds is 16. The van der Waals surface area contributed by atoms with Crippen LogP contribution in [0, 0.1) is 23.2 Å². The topological polar surface area (TPSA) is 191 Å². The molecule has 59 heavy (non-hydrogen) atoms. The fraction of sp³-hybridized carbons (Fsp3) is 0.571. The number of thiazole rings is 1. The maximum atomic E-state index is 14.7. The summed E-state index contributed by atoms with van der Waals surface area (Å²) in [5, 5.41) is 22.4. The molecule has 4 fully saturated rings. The molecule has 15 nitrogen and oxygen atoms in total. The predicted molar refractivity (Wildman–Crippen MR) is 223 cm³/mol. The van der Waals surface area contributed by atoms with E-state index in [1.165, 1.54) is 28.7 Å². The molecule has 3 heterocycles. The van der Waals surface area contributed by atoms with Crippen LogP contribution in [0.15, 0.2) is 36.2 Å². The summed E-state index contributed by atoms with van der Waals surface area (Å²) in [6, 6.07) is 3.17. The van der Waals surface area contributed by atoms with Crippen LogP contribution in [0.5, 0.6) is 11.5 Å². The molecule has 318 valence electrons. The molecule has 3 aromatic rings. The van der Waals surface area contributed by atoms with E-state index in [-0.39, 0.29) is 43.2 Å². The number of benzene rings is 1. The Balaban J connectivity index is 1.21. The van der Waals surface area contributed by atoms with Gasteiger partial charge in [0.1, 0.15) is 58.7 Å². The van der Waals surface area contributed by atoms with Gasteiger partial charge in [-0.15, -0.1) is 17.9 Å². The number of halogens is 1. The summed E-state index contributed by atoms with van der Waals surface area (Å²) in [4.78, 5) is 65.7. The van der Waals surface area contributed by atoms with E-state index in [4.69, 9.17) is 40.5 Å². The Morgan fingerprint density at radius 3 is 2.46 bits per heavy atom. The van der Waals surface area contributed by atoms with Crippen molar-refractivity contribution in [1.82, 2.24) is 25.5 Å². The number of ether oxygens (including phenoxy) is 4. The van der Waals surface area contributed by atoms with Crippen LogP contribution in [0.3, 0.4) is 0 Å². The fourth-order valence-electron chi connectivity index (χ4n) is 8.24. The predicted octanol–water partition coefficient (Wildman–Crippen LogP) is 6.29. The van der Waals surface area contributed by atoms with Gasteiger partial charge in [-0.25, -0.2) is 19.6 Å². The molecule has 3 amide bonds. The molecule has 0 bridgehead atoms. The van der Waals surface area contributed by atoms with Crippen molar-refractivity contribution < 1.29 is 43.2 Å². The lowest BCUT2D eigenvalue weighted by Gasteiger charge is -2.35. The Hall–Kier alpha value is -4.67. The molecule has 0 radical (unpaired) electrons. The second kappa shape index (κ2) is 16.8. The average Bonchev–Trinajstić information content (AvgIpc) is 3.84. The number of hydrogen-bond donors (Lipinski definition) is 4. The molecule has 1 aliphatic heterocycles. The number of amides is 3. The SMILES string of the molecule is C=C[C@@H]1CC1(NC(=O)[C@@H]1C[C@@H](Oc2cc(-c3csc(NC(C)C)n3)nc3c(Cl)c(OCCOC)ccc23)CN1C(=O)[C@@H](NC(=O)OC1C[C@@H]2C[C@@H]2C1)C(C)(C)C)C(=O)O. The first-order valence-electron chi connectivity index (χ1n) is 20.1. The van der Waals surface area contributed by atoms with Gasteiger partial charge in [0, 0.05) is 42.3 Å². The lowest BCUT2D eigenvalue weighted by atomic mass is 9.85. The van der Waals surface area contributed by atoms with E-state index in [0.717, 1.165) is 12.8 Å². The Bertz CT molecular complexity index is 2110. The van der Waals surface area contributed by atoms with Crippen LogP contribution in [0.2, 0.25) is 5.02 Å². The Morgan fingerprint density at radius 2 is 1.81 bits per heavy atom. The van der Waals surface area contributed by atoms with E-state index in [1.807, 2.05) is 40.0 Å². The van der Waals surface area contributed by atoms with Gasteiger partial charge in [-0.3, -0.25) is 9.59 Å². The van der Waals surface area contributed by atoms with Gasteiger partial charge in [0.05, 0.1) is 24.4 Å². The van der Waals surface area contributed by atoms with Crippen molar-refractivity contribution in [2.24, 2.45) is 23.2 Å². The van der Waals surface area contributed by atoms with Crippen molar-refractivity contribution in [1.29, 1.82) is 0 Å². The molecule has 17 heteroatoms. The third-order valence-electron chi connectivity index (χ3n) is 11.6. The first-order valence-corrected chi connectivity index (χ1v) is 21.4. The number of carboxylic acids is 1. The minimum absolute atomic E-state index is 0.0163. The first kappa shape index (κ1) is 42.5. The van der Waals surface area contributed by atoms with Gasteiger partial charge >= 0.3 is 12.1 Å².